The lowest BCUT2D eigenvalue weighted by Gasteiger charge is -2.32. The molecular formula is C12H16FNO. The lowest BCUT2D eigenvalue weighted by Crippen LogP contribution is -2.33. The largest absolute Gasteiger partial charge is 0.490 e. The molecule has 0 spiro atoms. The van der Waals surface area contributed by atoms with Crippen LogP contribution in [0.4, 0.5) is 4.39 Å². The fourth-order valence-electron chi connectivity index (χ4n) is 1.91. The number of hydrogen-bond donors (Lipinski definition) is 1. The summed E-state index contributed by atoms with van der Waals surface area (Å²) in [5.41, 5.74) is 6.78. The first-order valence-electron chi connectivity index (χ1n) is 5.29. The van der Waals surface area contributed by atoms with Crippen LogP contribution in [0.2, 0.25) is 0 Å². The normalized spacial score (nSPS) is 24.9. The van der Waals surface area contributed by atoms with Crippen LogP contribution in [0.15, 0.2) is 18.2 Å². The molecule has 82 valence electrons. The molecule has 0 saturated heterocycles. The number of fused-ring (bicyclic) bond motifs is 1. The van der Waals surface area contributed by atoms with Gasteiger partial charge in [-0.3, -0.25) is 0 Å². The van der Waals surface area contributed by atoms with E-state index in [2.05, 4.69) is 13.8 Å². The van der Waals surface area contributed by atoms with Crippen LogP contribution in [-0.4, -0.2) is 6.10 Å². The maximum absolute atomic E-state index is 13.0. The third-order valence-corrected chi connectivity index (χ3v) is 2.88. The molecule has 2 N–H and O–H groups in total. The van der Waals surface area contributed by atoms with Crippen LogP contribution < -0.4 is 10.5 Å². The predicted molar refractivity (Wildman–Crippen MR) is 57.2 cm³/mol. The van der Waals surface area contributed by atoms with E-state index in [0.29, 0.717) is 5.92 Å². The van der Waals surface area contributed by atoms with Gasteiger partial charge in [0.1, 0.15) is 17.7 Å². The minimum absolute atomic E-state index is 0.114. The van der Waals surface area contributed by atoms with Crippen molar-refractivity contribution in [2.45, 2.75) is 32.4 Å². The van der Waals surface area contributed by atoms with Gasteiger partial charge < -0.3 is 10.5 Å². The second-order valence-corrected chi connectivity index (χ2v) is 4.42. The van der Waals surface area contributed by atoms with E-state index in [-0.39, 0.29) is 18.0 Å². The molecule has 0 saturated carbocycles. The standard InChI is InChI=1S/C12H16FNO/c1-7(2)12-6-10(14)9-5-8(13)3-4-11(9)15-12/h3-5,7,10,12H,6,14H2,1-2H3/t10-,12?/m0/s1. The molecule has 2 nitrogen and oxygen atoms in total. The van der Waals surface area contributed by atoms with Crippen LogP contribution in [0.25, 0.3) is 0 Å². The summed E-state index contributed by atoms with van der Waals surface area (Å²) >= 11 is 0. The van der Waals surface area contributed by atoms with Gasteiger partial charge in [-0.25, -0.2) is 4.39 Å². The van der Waals surface area contributed by atoms with E-state index >= 15 is 0 Å². The van der Waals surface area contributed by atoms with Crippen LogP contribution >= 0.6 is 0 Å². The van der Waals surface area contributed by atoms with Gasteiger partial charge in [0.25, 0.3) is 0 Å². The van der Waals surface area contributed by atoms with Gasteiger partial charge in [0.2, 0.25) is 0 Å². The second kappa shape index (κ2) is 3.81. The Balaban J connectivity index is 2.32. The molecule has 1 aliphatic heterocycles. The van der Waals surface area contributed by atoms with Crippen molar-refractivity contribution in [1.29, 1.82) is 0 Å². The molecule has 1 aromatic rings. The van der Waals surface area contributed by atoms with Crippen molar-refractivity contribution >= 4 is 0 Å². The molecule has 2 rings (SSSR count). The van der Waals surface area contributed by atoms with Crippen molar-refractivity contribution in [2.24, 2.45) is 11.7 Å². The summed E-state index contributed by atoms with van der Waals surface area (Å²) in [6, 6.07) is 4.43. The Morgan fingerprint density at radius 2 is 2.20 bits per heavy atom. The zero-order valence-electron chi connectivity index (χ0n) is 9.03. The van der Waals surface area contributed by atoms with Crippen molar-refractivity contribution in [1.82, 2.24) is 0 Å². The van der Waals surface area contributed by atoms with E-state index in [1.165, 1.54) is 12.1 Å². The maximum Gasteiger partial charge on any atom is 0.124 e. The van der Waals surface area contributed by atoms with Crippen LogP contribution in [0.3, 0.4) is 0 Å². The summed E-state index contributed by atoms with van der Waals surface area (Å²) < 4.78 is 18.8. The van der Waals surface area contributed by atoms with Gasteiger partial charge in [-0.05, 0) is 24.1 Å². The van der Waals surface area contributed by atoms with Gasteiger partial charge in [0.15, 0.2) is 0 Å². The topological polar surface area (TPSA) is 35.2 Å². The molecular weight excluding hydrogens is 193 g/mol. The highest BCUT2D eigenvalue weighted by Gasteiger charge is 2.27. The molecule has 15 heavy (non-hydrogen) atoms. The molecule has 1 aliphatic rings. The van der Waals surface area contributed by atoms with Crippen molar-refractivity contribution < 1.29 is 9.13 Å². The monoisotopic (exact) mass is 209 g/mol. The van der Waals surface area contributed by atoms with Gasteiger partial charge in [0, 0.05) is 18.0 Å². The number of rotatable bonds is 1. The third kappa shape index (κ3) is 1.97. The molecule has 0 aliphatic carbocycles. The summed E-state index contributed by atoms with van der Waals surface area (Å²) in [6.07, 6.45) is 0.895. The average molecular weight is 209 g/mol. The number of benzene rings is 1. The fourth-order valence-corrected chi connectivity index (χ4v) is 1.91. The van der Waals surface area contributed by atoms with Crippen molar-refractivity contribution in [3.05, 3.63) is 29.6 Å². The summed E-state index contributed by atoms with van der Waals surface area (Å²) in [6.45, 7) is 4.21. The lowest BCUT2D eigenvalue weighted by atomic mass is 9.92. The Kier molecular flexibility index (Phi) is 2.65. The molecule has 0 radical (unpaired) electrons. The SMILES string of the molecule is CC(C)C1C[C@H](N)c2cc(F)ccc2O1. The average Bonchev–Trinajstić information content (AvgIpc) is 2.18. The van der Waals surface area contributed by atoms with E-state index in [1.54, 1.807) is 6.07 Å². The molecule has 1 heterocycles. The van der Waals surface area contributed by atoms with E-state index in [1.807, 2.05) is 0 Å². The number of ether oxygens (including phenoxy) is 1. The van der Waals surface area contributed by atoms with Crippen molar-refractivity contribution in [3.63, 3.8) is 0 Å². The Labute approximate surface area is 89.2 Å². The predicted octanol–water partition coefficient (Wildman–Crippen LogP) is 2.63. The minimum atomic E-state index is -0.254. The van der Waals surface area contributed by atoms with Crippen molar-refractivity contribution in [3.8, 4) is 5.75 Å². The molecule has 0 aromatic heterocycles. The second-order valence-electron chi connectivity index (χ2n) is 4.42. The first-order chi connectivity index (χ1) is 7.08. The summed E-state index contributed by atoms with van der Waals surface area (Å²) in [5.74, 6) is 0.902. The third-order valence-electron chi connectivity index (χ3n) is 2.88. The molecule has 0 bridgehead atoms. The van der Waals surface area contributed by atoms with E-state index < -0.39 is 0 Å². The van der Waals surface area contributed by atoms with E-state index in [4.69, 9.17) is 10.5 Å². The maximum atomic E-state index is 13.0. The highest BCUT2D eigenvalue weighted by molar-refractivity contribution is 5.38. The first-order valence-corrected chi connectivity index (χ1v) is 5.29. The van der Waals surface area contributed by atoms with Gasteiger partial charge in [0.05, 0.1) is 0 Å². The van der Waals surface area contributed by atoms with Crippen molar-refractivity contribution in [2.75, 3.05) is 0 Å². The van der Waals surface area contributed by atoms with Gasteiger partial charge in [-0.1, -0.05) is 13.8 Å². The zero-order chi connectivity index (χ0) is 11.0. The highest BCUT2D eigenvalue weighted by atomic mass is 19.1. The molecule has 2 atom stereocenters. The van der Waals surface area contributed by atoms with Gasteiger partial charge >= 0.3 is 0 Å². The number of halogens is 1. The highest BCUT2D eigenvalue weighted by Crippen LogP contribution is 2.35. The Morgan fingerprint density at radius 1 is 1.47 bits per heavy atom. The molecule has 0 amide bonds. The Hall–Kier alpha value is -1.09. The first kappa shape index (κ1) is 10.4. The molecule has 1 unspecified atom stereocenters. The van der Waals surface area contributed by atoms with Gasteiger partial charge in [-0.15, -0.1) is 0 Å². The minimum Gasteiger partial charge on any atom is -0.490 e. The van der Waals surface area contributed by atoms with E-state index in [9.17, 15) is 4.39 Å². The lowest BCUT2D eigenvalue weighted by molar-refractivity contribution is 0.114. The van der Waals surface area contributed by atoms with E-state index in [0.717, 1.165) is 17.7 Å². The number of hydrogen-bond acceptors (Lipinski definition) is 2. The fraction of sp³-hybridized carbons (Fsp3) is 0.500. The van der Waals surface area contributed by atoms with Crippen LogP contribution in [0.5, 0.6) is 5.75 Å². The zero-order valence-corrected chi connectivity index (χ0v) is 9.03. The molecule has 1 aromatic carbocycles. The smallest absolute Gasteiger partial charge is 0.124 e. The summed E-state index contributed by atoms with van der Waals surface area (Å²) in [5, 5.41) is 0. The van der Waals surface area contributed by atoms with Gasteiger partial charge in [-0.2, -0.15) is 0 Å². The Bertz CT molecular complexity index is 365. The van der Waals surface area contributed by atoms with Crippen LogP contribution in [0.1, 0.15) is 31.9 Å². The quantitative estimate of drug-likeness (QED) is 0.771. The Morgan fingerprint density at radius 3 is 2.87 bits per heavy atom. The molecule has 0 fully saturated rings. The molecule has 3 heteroatoms. The summed E-state index contributed by atoms with van der Waals surface area (Å²) in [4.78, 5) is 0. The summed E-state index contributed by atoms with van der Waals surface area (Å²) in [7, 11) is 0. The number of nitrogens with two attached hydrogens (primary N) is 1. The van der Waals surface area contributed by atoms with Crippen LogP contribution in [0, 0.1) is 11.7 Å². The van der Waals surface area contributed by atoms with Crippen LogP contribution in [-0.2, 0) is 0 Å².